The van der Waals surface area contributed by atoms with Crippen molar-refractivity contribution in [2.45, 2.75) is 184 Å². The maximum absolute atomic E-state index is 13.9. The lowest BCUT2D eigenvalue weighted by molar-refractivity contribution is -0.146. The van der Waals surface area contributed by atoms with E-state index in [4.69, 9.17) is 33.2 Å². The largest absolute Gasteiger partial charge is 0.488 e. The monoisotopic (exact) mass is 1020 g/mol. The van der Waals surface area contributed by atoms with Gasteiger partial charge in [0.15, 0.2) is 0 Å². The molecule has 410 valence electrons. The maximum Gasteiger partial charge on any atom is 0.320 e. The highest BCUT2D eigenvalue weighted by atomic mass is 16.5. The Bertz CT molecular complexity index is 2180. The van der Waals surface area contributed by atoms with Crippen LogP contribution in [0.3, 0.4) is 0 Å². The van der Waals surface area contributed by atoms with Crippen LogP contribution in [0.15, 0.2) is 84.9 Å². The van der Waals surface area contributed by atoms with Gasteiger partial charge >= 0.3 is 5.97 Å². The van der Waals surface area contributed by atoms with Crippen molar-refractivity contribution in [3.63, 3.8) is 0 Å². The quantitative estimate of drug-likeness (QED) is 0.100. The number of benzene rings is 4. The Kier molecular flexibility index (Phi) is 20.4. The van der Waals surface area contributed by atoms with Crippen molar-refractivity contribution in [2.24, 2.45) is 0 Å². The van der Waals surface area contributed by atoms with Crippen LogP contribution in [0.5, 0.6) is 34.5 Å². The Morgan fingerprint density at radius 1 is 0.351 bits per heavy atom. The van der Waals surface area contributed by atoms with Crippen molar-refractivity contribution >= 4 is 5.97 Å². The van der Waals surface area contributed by atoms with Gasteiger partial charge in [-0.2, -0.15) is 0 Å². The van der Waals surface area contributed by atoms with Crippen LogP contribution < -0.4 is 28.4 Å². The molecular formula is C62H94N4O8. The van der Waals surface area contributed by atoms with Gasteiger partial charge in [0.2, 0.25) is 0 Å². The minimum absolute atomic E-state index is 0.145. The van der Waals surface area contributed by atoms with Gasteiger partial charge in [-0.3, -0.25) is 24.4 Å². The number of carbonyl (C=O) groups excluding carboxylic acids is 1. The molecule has 1 fully saturated rings. The van der Waals surface area contributed by atoms with Crippen molar-refractivity contribution in [1.82, 2.24) is 19.6 Å². The van der Waals surface area contributed by atoms with E-state index in [0.717, 1.165) is 56.8 Å². The molecule has 0 saturated carbocycles. The molecule has 0 aromatic heterocycles. The SMILES string of the molecule is CC(C)(C)Oc1cccc(OC(C)(C)C)c1CN1CCN(CC(=O)OCc2ccccc2)CCN(Cc2c(OC(C)(C)C)cccc2OC(C)(C)C)CCN(Cc2c(OC(C)(C)C)cccc2OC(C)(C)C)CC1. The van der Waals surface area contributed by atoms with Crippen molar-refractivity contribution in [3.8, 4) is 34.5 Å². The third kappa shape index (κ3) is 21.7. The second kappa shape index (κ2) is 25.2. The molecule has 0 radical (unpaired) electrons. The van der Waals surface area contributed by atoms with E-state index in [1.807, 2.05) is 72.8 Å². The molecule has 12 heteroatoms. The smallest absolute Gasteiger partial charge is 0.320 e. The molecule has 5 rings (SSSR count). The Labute approximate surface area is 446 Å². The summed E-state index contributed by atoms with van der Waals surface area (Å²) in [5.41, 5.74) is 1.32. The van der Waals surface area contributed by atoms with Crippen molar-refractivity contribution < 1.29 is 38.0 Å². The molecule has 0 spiro atoms. The standard InChI is InChI=1S/C62H94N4O8/c1-57(2,3)69-50-27-22-28-51(70-58(4,5)6)47(50)41-63-33-35-64(42-48-52(71-59(7,8)9)29-23-30-53(48)72-60(10,11)12)37-39-66(44-56(67)68-45-46-25-20-19-21-26-46)40-38-65(36-34-63)43-49-54(73-61(13,14)15)31-24-32-55(49)74-62(16,17)18/h19-32H,33-45H2,1-18H3. The van der Waals surface area contributed by atoms with Crippen LogP contribution >= 0.6 is 0 Å². The van der Waals surface area contributed by atoms with Gasteiger partial charge in [-0.1, -0.05) is 48.5 Å². The first-order valence-corrected chi connectivity index (χ1v) is 26.9. The molecule has 4 aromatic carbocycles. The zero-order valence-corrected chi connectivity index (χ0v) is 48.8. The topological polar surface area (TPSA) is 94.6 Å². The molecular weight excluding hydrogens is 929 g/mol. The fourth-order valence-electron chi connectivity index (χ4n) is 8.51. The van der Waals surface area contributed by atoms with Crippen LogP contribution in [0.25, 0.3) is 0 Å². The second-order valence-corrected chi connectivity index (χ2v) is 25.7. The average Bonchev–Trinajstić information content (AvgIpc) is 3.23. The lowest BCUT2D eigenvalue weighted by Gasteiger charge is -2.36. The molecule has 74 heavy (non-hydrogen) atoms. The van der Waals surface area contributed by atoms with E-state index in [0.29, 0.717) is 72.0 Å². The third-order valence-corrected chi connectivity index (χ3v) is 11.4. The summed E-state index contributed by atoms with van der Waals surface area (Å²) in [7, 11) is 0. The zero-order chi connectivity index (χ0) is 54.7. The summed E-state index contributed by atoms with van der Waals surface area (Å²) in [5, 5.41) is 0. The zero-order valence-electron chi connectivity index (χ0n) is 48.8. The predicted octanol–water partition coefficient (Wildman–Crippen LogP) is 12.6. The van der Waals surface area contributed by atoms with Crippen molar-refractivity contribution in [3.05, 3.63) is 107 Å². The number of hydrogen-bond acceptors (Lipinski definition) is 12. The summed E-state index contributed by atoms with van der Waals surface area (Å²) in [5.74, 6) is 4.53. The van der Waals surface area contributed by atoms with E-state index in [2.05, 4.69) is 156 Å². The van der Waals surface area contributed by atoms with Gasteiger partial charge in [0.1, 0.15) is 74.7 Å². The molecule has 1 aliphatic heterocycles. The number of rotatable bonds is 16. The highest BCUT2D eigenvalue weighted by Gasteiger charge is 2.29. The second-order valence-electron chi connectivity index (χ2n) is 25.7. The first-order valence-electron chi connectivity index (χ1n) is 26.9. The highest BCUT2D eigenvalue weighted by Crippen LogP contribution is 2.38. The fourth-order valence-corrected chi connectivity index (χ4v) is 8.51. The summed E-state index contributed by atoms with van der Waals surface area (Å²) in [4.78, 5) is 23.6. The van der Waals surface area contributed by atoms with Crippen LogP contribution in [0.2, 0.25) is 0 Å². The molecule has 0 bridgehead atoms. The Morgan fingerprint density at radius 3 is 0.838 bits per heavy atom. The molecule has 1 saturated heterocycles. The minimum Gasteiger partial charge on any atom is -0.488 e. The van der Waals surface area contributed by atoms with Crippen LogP contribution in [0.1, 0.15) is 147 Å². The molecule has 1 heterocycles. The van der Waals surface area contributed by atoms with E-state index in [1.54, 1.807) is 0 Å². The molecule has 0 aliphatic carbocycles. The first-order chi connectivity index (χ1) is 34.3. The summed E-state index contributed by atoms with van der Waals surface area (Å²) in [6.07, 6.45) is 0. The van der Waals surface area contributed by atoms with Crippen LogP contribution in [0, 0.1) is 0 Å². The molecule has 0 amide bonds. The van der Waals surface area contributed by atoms with E-state index >= 15 is 0 Å². The lowest BCUT2D eigenvalue weighted by Crippen LogP contribution is -2.46. The average molecular weight is 1020 g/mol. The summed E-state index contributed by atoms with van der Waals surface area (Å²) >= 11 is 0. The van der Waals surface area contributed by atoms with Gasteiger partial charge in [-0.05, 0) is 167 Å². The Balaban J connectivity index is 1.62. The Morgan fingerprint density at radius 2 is 0.595 bits per heavy atom. The molecule has 0 atom stereocenters. The van der Waals surface area contributed by atoms with E-state index in [1.165, 1.54) is 0 Å². The molecule has 1 aliphatic rings. The molecule has 12 nitrogen and oxygen atoms in total. The predicted molar refractivity (Wildman–Crippen MR) is 300 cm³/mol. The van der Waals surface area contributed by atoms with Gasteiger partial charge in [0, 0.05) is 72.0 Å². The fraction of sp³-hybridized carbons (Fsp3) is 0.597. The maximum atomic E-state index is 13.9. The number of nitrogens with zero attached hydrogens (tertiary/aromatic N) is 4. The number of ether oxygens (including phenoxy) is 7. The highest BCUT2D eigenvalue weighted by molar-refractivity contribution is 5.71. The number of esters is 1. The summed E-state index contributed by atoms with van der Waals surface area (Å²) in [6.45, 7) is 44.9. The van der Waals surface area contributed by atoms with Gasteiger partial charge in [-0.25, -0.2) is 0 Å². The molecule has 4 aromatic rings. The normalized spacial score (nSPS) is 15.9. The summed E-state index contributed by atoms with van der Waals surface area (Å²) in [6, 6.07) is 28.2. The van der Waals surface area contributed by atoms with E-state index in [9.17, 15) is 4.79 Å². The number of hydrogen-bond donors (Lipinski definition) is 0. The molecule has 0 N–H and O–H groups in total. The minimum atomic E-state index is -0.440. The van der Waals surface area contributed by atoms with Crippen molar-refractivity contribution in [2.75, 3.05) is 58.9 Å². The number of carbonyl (C=O) groups is 1. The first kappa shape index (κ1) is 59.9. The van der Waals surface area contributed by atoms with Crippen molar-refractivity contribution in [1.29, 1.82) is 0 Å². The molecule has 0 unspecified atom stereocenters. The lowest BCUT2D eigenvalue weighted by atomic mass is 10.1. The Hall–Kier alpha value is -5.01. The summed E-state index contributed by atoms with van der Waals surface area (Å²) < 4.78 is 46.2. The van der Waals surface area contributed by atoms with Gasteiger partial charge in [-0.15, -0.1) is 0 Å². The van der Waals surface area contributed by atoms with E-state index in [-0.39, 0.29) is 19.1 Å². The van der Waals surface area contributed by atoms with E-state index < -0.39 is 33.6 Å². The van der Waals surface area contributed by atoms with Gasteiger partial charge in [0.05, 0.1) is 23.2 Å². The van der Waals surface area contributed by atoms with Crippen LogP contribution in [-0.4, -0.2) is 118 Å². The third-order valence-electron chi connectivity index (χ3n) is 11.4. The van der Waals surface area contributed by atoms with Crippen LogP contribution in [0.4, 0.5) is 0 Å². The van der Waals surface area contributed by atoms with Crippen LogP contribution in [-0.2, 0) is 35.8 Å². The van der Waals surface area contributed by atoms with Gasteiger partial charge < -0.3 is 33.2 Å². The van der Waals surface area contributed by atoms with Gasteiger partial charge in [0.25, 0.3) is 0 Å².